The first-order chi connectivity index (χ1) is 6.08. The van der Waals surface area contributed by atoms with Gasteiger partial charge in [0.05, 0.1) is 12.9 Å². The minimum atomic E-state index is -4.09. The van der Waals surface area contributed by atoms with Gasteiger partial charge in [0, 0.05) is 4.28 Å². The molecule has 70 valence electrons. The molecule has 0 unspecified atom stereocenters. The van der Waals surface area contributed by atoms with E-state index >= 15 is 0 Å². The molecule has 0 bridgehead atoms. The molecule has 0 aliphatic rings. The molecule has 2 radical (unpaired) electrons. The summed E-state index contributed by atoms with van der Waals surface area (Å²) in [5, 5.41) is 0. The van der Waals surface area contributed by atoms with Crippen LogP contribution >= 0.6 is 12.9 Å². The standard InChI is InChI=1S/C6H5FNO3S2/c7-5-3-1-2-4-6(5)13(9,10)8-11-12/h1-4,12H/q+1. The fraction of sp³-hybridized carbons (Fsp3) is 0. The Balaban J connectivity index is 3.15. The van der Waals surface area contributed by atoms with Gasteiger partial charge < -0.3 is 0 Å². The average molecular weight is 222 g/mol. The molecule has 0 aromatic heterocycles. The number of halogens is 1. The fourth-order valence-corrected chi connectivity index (χ4v) is 1.73. The Labute approximate surface area is 80.3 Å². The number of hydrogen-bond donors (Lipinski definition) is 1. The van der Waals surface area contributed by atoms with E-state index in [4.69, 9.17) is 0 Å². The Morgan fingerprint density at radius 1 is 1.38 bits per heavy atom. The molecule has 0 saturated heterocycles. The van der Waals surface area contributed by atoms with E-state index in [1.54, 1.807) is 0 Å². The van der Waals surface area contributed by atoms with Gasteiger partial charge in [-0.1, -0.05) is 12.1 Å². The first kappa shape index (κ1) is 10.5. The third-order valence-corrected chi connectivity index (χ3v) is 2.60. The van der Waals surface area contributed by atoms with Crippen molar-refractivity contribution < 1.29 is 17.1 Å². The Morgan fingerprint density at radius 2 is 2.00 bits per heavy atom. The average Bonchev–Trinajstić information content (AvgIpc) is 2.04. The van der Waals surface area contributed by atoms with Gasteiger partial charge in [-0.3, -0.25) is 0 Å². The van der Waals surface area contributed by atoms with E-state index in [1.165, 1.54) is 12.1 Å². The molecule has 7 heteroatoms. The number of benzene rings is 1. The molecule has 0 spiro atoms. The molecule has 0 fully saturated rings. The number of nitrogens with zero attached hydrogens (tertiary/aromatic N) is 1. The van der Waals surface area contributed by atoms with Gasteiger partial charge in [-0.2, -0.15) is 8.42 Å². The second-order valence-electron chi connectivity index (χ2n) is 2.06. The smallest absolute Gasteiger partial charge is 0.205 e. The van der Waals surface area contributed by atoms with E-state index in [0.717, 1.165) is 12.1 Å². The topological polar surface area (TPSA) is 57.5 Å². The summed E-state index contributed by atoms with van der Waals surface area (Å²) >= 11 is 3.13. The highest BCUT2D eigenvalue weighted by molar-refractivity contribution is 7.89. The summed E-state index contributed by atoms with van der Waals surface area (Å²) in [5.74, 6) is -0.878. The van der Waals surface area contributed by atoms with Crippen molar-refractivity contribution in [3.8, 4) is 0 Å². The van der Waals surface area contributed by atoms with Crippen molar-refractivity contribution in [2.45, 2.75) is 4.90 Å². The summed E-state index contributed by atoms with van der Waals surface area (Å²) in [6.07, 6.45) is 0. The number of rotatable bonds is 3. The van der Waals surface area contributed by atoms with Crippen LogP contribution in [-0.2, 0) is 14.3 Å². The Kier molecular flexibility index (Phi) is 3.26. The van der Waals surface area contributed by atoms with Crippen molar-refractivity contribution in [1.29, 1.82) is 0 Å². The Bertz CT molecular complexity index is 393. The van der Waals surface area contributed by atoms with Crippen LogP contribution in [0, 0.1) is 5.82 Å². The number of thiol groups is 1. The van der Waals surface area contributed by atoms with Gasteiger partial charge in [-0.25, -0.2) is 4.39 Å². The van der Waals surface area contributed by atoms with Crippen LogP contribution in [0.1, 0.15) is 0 Å². The first-order valence-corrected chi connectivity index (χ1v) is 4.91. The second kappa shape index (κ2) is 4.05. The van der Waals surface area contributed by atoms with E-state index in [-0.39, 0.29) is 0 Å². The van der Waals surface area contributed by atoms with Gasteiger partial charge in [0.25, 0.3) is 0 Å². The van der Waals surface area contributed by atoms with Crippen LogP contribution < -0.4 is 4.89 Å². The van der Waals surface area contributed by atoms with Gasteiger partial charge in [0.15, 0.2) is 4.90 Å². The fourth-order valence-electron chi connectivity index (χ4n) is 0.738. The lowest BCUT2D eigenvalue weighted by Gasteiger charge is -1.91. The summed E-state index contributed by atoms with van der Waals surface area (Å²) < 4.78 is 38.8. The molecule has 0 aliphatic heterocycles. The predicted octanol–water partition coefficient (Wildman–Crippen LogP) is 0.895. The maximum Gasteiger partial charge on any atom is 0.477 e. The largest absolute Gasteiger partial charge is 0.477 e. The lowest BCUT2D eigenvalue weighted by atomic mass is 10.4. The normalized spacial score (nSPS) is 11.5. The summed E-state index contributed by atoms with van der Waals surface area (Å²) in [7, 11) is -4.09. The molecule has 1 rings (SSSR count). The zero-order chi connectivity index (χ0) is 9.90. The summed E-state index contributed by atoms with van der Waals surface area (Å²) in [4.78, 5) is 2.15. The van der Waals surface area contributed by atoms with E-state index in [0.29, 0.717) is 0 Å². The molecule has 4 nitrogen and oxygen atoms in total. The monoisotopic (exact) mass is 222 g/mol. The molecule has 1 aromatic rings. The van der Waals surface area contributed by atoms with E-state index in [9.17, 15) is 12.8 Å². The van der Waals surface area contributed by atoms with Gasteiger partial charge in [-0.15, -0.1) is 0 Å². The summed E-state index contributed by atoms with van der Waals surface area (Å²) in [6.45, 7) is 0. The molecule has 0 heterocycles. The van der Waals surface area contributed by atoms with Gasteiger partial charge in [-0.05, 0) is 12.1 Å². The van der Waals surface area contributed by atoms with E-state index in [1.807, 2.05) is 0 Å². The highest BCUT2D eigenvalue weighted by atomic mass is 32.2. The minimum absolute atomic E-state index is 0.538. The van der Waals surface area contributed by atoms with Crippen molar-refractivity contribution in [2.75, 3.05) is 0 Å². The highest BCUT2D eigenvalue weighted by Gasteiger charge is 2.34. The lowest BCUT2D eigenvalue weighted by Crippen LogP contribution is -2.14. The molecule has 0 saturated carbocycles. The zero-order valence-electron chi connectivity index (χ0n) is 6.21. The van der Waals surface area contributed by atoms with Crippen LogP contribution in [0.3, 0.4) is 0 Å². The molecule has 0 atom stereocenters. The van der Waals surface area contributed by atoms with Gasteiger partial charge in [0.2, 0.25) is 0 Å². The third kappa shape index (κ3) is 2.41. The predicted molar refractivity (Wildman–Crippen MR) is 45.8 cm³/mol. The number of hydrogen-bond acceptors (Lipinski definition) is 4. The molecule has 0 N–H and O–H groups in total. The molecule has 1 aromatic carbocycles. The molecular formula is C6H5FNO3S2+. The molecule has 0 aliphatic carbocycles. The molecular weight excluding hydrogens is 217 g/mol. The van der Waals surface area contributed by atoms with Crippen LogP contribution in [0.15, 0.2) is 29.2 Å². The Morgan fingerprint density at radius 3 is 2.54 bits per heavy atom. The van der Waals surface area contributed by atoms with Crippen LogP contribution in [0.5, 0.6) is 0 Å². The summed E-state index contributed by atoms with van der Waals surface area (Å²) in [5.41, 5.74) is 0. The van der Waals surface area contributed by atoms with Gasteiger partial charge >= 0.3 is 14.9 Å². The van der Waals surface area contributed by atoms with Crippen LogP contribution in [0.4, 0.5) is 4.39 Å². The summed E-state index contributed by atoms with van der Waals surface area (Å²) in [6, 6.07) is 4.85. The maximum atomic E-state index is 12.9. The number of sulfonamides is 1. The second-order valence-corrected chi connectivity index (χ2v) is 3.76. The van der Waals surface area contributed by atoms with Crippen molar-refractivity contribution in [3.05, 3.63) is 30.1 Å². The molecule has 13 heavy (non-hydrogen) atoms. The quantitative estimate of drug-likeness (QED) is 0.469. The third-order valence-electron chi connectivity index (χ3n) is 1.25. The van der Waals surface area contributed by atoms with Crippen LogP contribution in [-0.4, -0.2) is 8.42 Å². The SMILES string of the molecule is O=S(=O)([N+]OS)c1ccccc1F. The van der Waals surface area contributed by atoms with Gasteiger partial charge in [0.1, 0.15) is 5.82 Å². The van der Waals surface area contributed by atoms with Crippen LogP contribution in [0.2, 0.25) is 0 Å². The Hall–Kier alpha value is -0.630. The zero-order valence-corrected chi connectivity index (χ0v) is 7.93. The van der Waals surface area contributed by atoms with Crippen molar-refractivity contribution in [2.24, 2.45) is 0 Å². The maximum absolute atomic E-state index is 12.9. The molecule has 0 amide bonds. The highest BCUT2D eigenvalue weighted by Crippen LogP contribution is 2.13. The van der Waals surface area contributed by atoms with Crippen molar-refractivity contribution >= 4 is 22.9 Å². The lowest BCUT2D eigenvalue weighted by molar-refractivity contribution is 0.316. The van der Waals surface area contributed by atoms with Crippen molar-refractivity contribution in [3.63, 3.8) is 0 Å². The van der Waals surface area contributed by atoms with Crippen LogP contribution in [0.25, 0.3) is 0 Å². The van der Waals surface area contributed by atoms with E-state index in [2.05, 4.69) is 22.1 Å². The first-order valence-electron chi connectivity index (χ1n) is 3.10. The minimum Gasteiger partial charge on any atom is -0.205 e. The van der Waals surface area contributed by atoms with Crippen molar-refractivity contribution in [1.82, 2.24) is 4.89 Å². The van der Waals surface area contributed by atoms with E-state index < -0.39 is 20.7 Å².